The van der Waals surface area contributed by atoms with Crippen LogP contribution in [0, 0.1) is 17.1 Å². The van der Waals surface area contributed by atoms with Gasteiger partial charge in [-0.1, -0.05) is 0 Å². The average molecular weight is 209 g/mol. The average Bonchev–Trinajstić information content (AvgIpc) is 2.21. The predicted molar refractivity (Wildman–Crippen MR) is 48.7 cm³/mol. The second-order valence-electron chi connectivity index (χ2n) is 2.65. The van der Waals surface area contributed by atoms with Crippen molar-refractivity contribution in [3.63, 3.8) is 0 Å². The van der Waals surface area contributed by atoms with Gasteiger partial charge < -0.3 is 9.84 Å². The van der Waals surface area contributed by atoms with Crippen molar-refractivity contribution in [2.45, 2.75) is 6.92 Å². The molecule has 0 amide bonds. The topological polar surface area (TPSA) is 70.3 Å². The van der Waals surface area contributed by atoms with E-state index in [2.05, 4.69) is 4.74 Å². The molecule has 0 saturated heterocycles. The smallest absolute Gasteiger partial charge is 0.342 e. The first kappa shape index (κ1) is 11.0. The Kier molecular flexibility index (Phi) is 3.24. The number of carbonyl (C=O) groups excluding carboxylic acids is 1. The Labute approximate surface area is 85.5 Å². The maximum atomic E-state index is 13.2. The van der Waals surface area contributed by atoms with Gasteiger partial charge in [-0.15, -0.1) is 0 Å². The minimum atomic E-state index is -0.956. The molecule has 1 aromatic carbocycles. The fraction of sp³-hybridized carbons (Fsp3) is 0.200. The Morgan fingerprint density at radius 2 is 2.33 bits per heavy atom. The Morgan fingerprint density at radius 3 is 2.87 bits per heavy atom. The molecule has 15 heavy (non-hydrogen) atoms. The molecule has 78 valence electrons. The number of nitriles is 1. The number of carbonyl (C=O) groups is 1. The van der Waals surface area contributed by atoms with E-state index in [1.165, 1.54) is 0 Å². The van der Waals surface area contributed by atoms with Crippen LogP contribution in [0.3, 0.4) is 0 Å². The summed E-state index contributed by atoms with van der Waals surface area (Å²) in [6.45, 7) is 1.63. The van der Waals surface area contributed by atoms with E-state index in [1.807, 2.05) is 0 Å². The number of nitrogens with zero attached hydrogens (tertiary/aromatic N) is 1. The first-order chi connectivity index (χ1) is 7.11. The van der Waals surface area contributed by atoms with Crippen molar-refractivity contribution in [3.8, 4) is 11.8 Å². The molecule has 0 spiro atoms. The van der Waals surface area contributed by atoms with Crippen LogP contribution in [0.5, 0.6) is 5.75 Å². The van der Waals surface area contributed by atoms with Gasteiger partial charge in [-0.2, -0.15) is 5.26 Å². The molecule has 0 aromatic heterocycles. The van der Waals surface area contributed by atoms with Gasteiger partial charge in [-0.05, 0) is 19.1 Å². The van der Waals surface area contributed by atoms with Gasteiger partial charge >= 0.3 is 5.97 Å². The molecule has 0 unspecified atom stereocenters. The number of hydrogen-bond acceptors (Lipinski definition) is 4. The molecule has 4 nitrogen and oxygen atoms in total. The van der Waals surface area contributed by atoms with Crippen LogP contribution in [0.4, 0.5) is 4.39 Å². The summed E-state index contributed by atoms with van der Waals surface area (Å²) < 4.78 is 17.8. The molecule has 0 heterocycles. The lowest BCUT2D eigenvalue weighted by atomic mass is 10.1. The summed E-state index contributed by atoms with van der Waals surface area (Å²) in [7, 11) is 0. The quantitative estimate of drug-likeness (QED) is 0.750. The molecule has 0 aliphatic carbocycles. The van der Waals surface area contributed by atoms with E-state index < -0.39 is 28.7 Å². The van der Waals surface area contributed by atoms with Gasteiger partial charge in [0.05, 0.1) is 6.61 Å². The molecule has 0 aliphatic heterocycles. The van der Waals surface area contributed by atoms with Crippen LogP contribution in [0.1, 0.15) is 22.8 Å². The molecule has 0 saturated carbocycles. The fourth-order valence-corrected chi connectivity index (χ4v) is 1.08. The Balaban J connectivity index is 3.33. The van der Waals surface area contributed by atoms with Gasteiger partial charge in [0, 0.05) is 0 Å². The lowest BCUT2D eigenvalue weighted by Crippen LogP contribution is -2.09. The van der Waals surface area contributed by atoms with Crippen LogP contribution in [-0.2, 0) is 4.74 Å². The zero-order valence-corrected chi connectivity index (χ0v) is 7.95. The molecular weight excluding hydrogens is 201 g/mol. The van der Waals surface area contributed by atoms with Gasteiger partial charge in [-0.3, -0.25) is 0 Å². The monoisotopic (exact) mass is 209 g/mol. The van der Waals surface area contributed by atoms with E-state index >= 15 is 0 Å². The molecule has 1 N–H and O–H groups in total. The highest BCUT2D eigenvalue weighted by atomic mass is 19.1. The van der Waals surface area contributed by atoms with Crippen molar-refractivity contribution in [2.24, 2.45) is 0 Å². The number of ether oxygens (including phenoxy) is 1. The van der Waals surface area contributed by atoms with E-state index in [0.29, 0.717) is 0 Å². The third-order valence-corrected chi connectivity index (χ3v) is 1.72. The van der Waals surface area contributed by atoms with Crippen molar-refractivity contribution in [3.05, 3.63) is 29.1 Å². The van der Waals surface area contributed by atoms with Crippen molar-refractivity contribution in [2.75, 3.05) is 6.61 Å². The SMILES string of the molecule is CCOC(=O)c1c(F)ccc(O)c1C#N. The van der Waals surface area contributed by atoms with Gasteiger partial charge in [0.2, 0.25) is 0 Å². The number of esters is 1. The maximum absolute atomic E-state index is 13.2. The minimum Gasteiger partial charge on any atom is -0.507 e. The zero-order valence-electron chi connectivity index (χ0n) is 7.95. The molecule has 1 aromatic rings. The molecular formula is C10H8FNO3. The standard InChI is InChI=1S/C10H8FNO3/c1-2-15-10(14)9-6(5-12)8(13)4-3-7(9)11/h3-4,13H,2H2,1H3. The highest BCUT2D eigenvalue weighted by molar-refractivity contribution is 5.93. The summed E-state index contributed by atoms with van der Waals surface area (Å²) in [6.07, 6.45) is 0. The van der Waals surface area contributed by atoms with Gasteiger partial charge in [0.1, 0.15) is 28.8 Å². The molecule has 0 fully saturated rings. The Hall–Kier alpha value is -2.09. The van der Waals surface area contributed by atoms with Gasteiger partial charge in [-0.25, -0.2) is 9.18 Å². The fourth-order valence-electron chi connectivity index (χ4n) is 1.08. The number of phenols is 1. The lowest BCUT2D eigenvalue weighted by molar-refractivity contribution is 0.0520. The zero-order chi connectivity index (χ0) is 11.4. The second kappa shape index (κ2) is 4.42. The van der Waals surface area contributed by atoms with Crippen LogP contribution >= 0.6 is 0 Å². The van der Waals surface area contributed by atoms with Crippen molar-refractivity contribution in [1.82, 2.24) is 0 Å². The van der Waals surface area contributed by atoms with Crippen molar-refractivity contribution >= 4 is 5.97 Å². The molecule has 0 aliphatic rings. The third kappa shape index (κ3) is 2.05. The summed E-state index contributed by atoms with van der Waals surface area (Å²) >= 11 is 0. The largest absolute Gasteiger partial charge is 0.507 e. The number of benzene rings is 1. The number of rotatable bonds is 2. The predicted octanol–water partition coefficient (Wildman–Crippen LogP) is 1.58. The summed E-state index contributed by atoms with van der Waals surface area (Å²) in [5.74, 6) is -2.28. The number of halogens is 1. The van der Waals surface area contributed by atoms with Gasteiger partial charge in [0.15, 0.2) is 0 Å². The molecule has 0 radical (unpaired) electrons. The third-order valence-electron chi connectivity index (χ3n) is 1.72. The number of hydrogen-bond donors (Lipinski definition) is 1. The lowest BCUT2D eigenvalue weighted by Gasteiger charge is -2.05. The molecule has 0 bridgehead atoms. The molecule has 1 rings (SSSR count). The van der Waals surface area contributed by atoms with E-state index in [9.17, 15) is 14.3 Å². The summed E-state index contributed by atoms with van der Waals surface area (Å²) in [5.41, 5.74) is -0.937. The van der Waals surface area contributed by atoms with Crippen LogP contribution in [-0.4, -0.2) is 17.7 Å². The highest BCUT2D eigenvalue weighted by Crippen LogP contribution is 2.23. The summed E-state index contributed by atoms with van der Waals surface area (Å²) in [4.78, 5) is 11.3. The Morgan fingerprint density at radius 1 is 1.67 bits per heavy atom. The highest BCUT2D eigenvalue weighted by Gasteiger charge is 2.20. The van der Waals surface area contributed by atoms with E-state index in [0.717, 1.165) is 12.1 Å². The Bertz CT molecular complexity index is 437. The first-order valence-corrected chi connectivity index (χ1v) is 4.20. The minimum absolute atomic E-state index is 0.0683. The van der Waals surface area contributed by atoms with Crippen LogP contribution in [0.15, 0.2) is 12.1 Å². The molecule has 5 heteroatoms. The summed E-state index contributed by atoms with van der Waals surface area (Å²) in [6, 6.07) is 3.47. The summed E-state index contributed by atoms with van der Waals surface area (Å²) in [5, 5.41) is 17.9. The number of phenolic OH excluding ortho intramolecular Hbond substituents is 1. The van der Waals surface area contributed by atoms with Crippen LogP contribution in [0.2, 0.25) is 0 Å². The van der Waals surface area contributed by atoms with Crippen molar-refractivity contribution in [1.29, 1.82) is 5.26 Å². The van der Waals surface area contributed by atoms with E-state index in [1.54, 1.807) is 13.0 Å². The van der Waals surface area contributed by atoms with E-state index in [4.69, 9.17) is 5.26 Å². The normalized spacial score (nSPS) is 9.40. The van der Waals surface area contributed by atoms with Crippen LogP contribution in [0.25, 0.3) is 0 Å². The maximum Gasteiger partial charge on any atom is 0.342 e. The van der Waals surface area contributed by atoms with Crippen LogP contribution < -0.4 is 0 Å². The van der Waals surface area contributed by atoms with Crippen molar-refractivity contribution < 1.29 is 19.0 Å². The first-order valence-electron chi connectivity index (χ1n) is 4.20. The second-order valence-corrected chi connectivity index (χ2v) is 2.65. The number of aromatic hydroxyl groups is 1. The van der Waals surface area contributed by atoms with E-state index in [-0.39, 0.29) is 6.61 Å². The molecule has 0 atom stereocenters. The van der Waals surface area contributed by atoms with Gasteiger partial charge in [0.25, 0.3) is 0 Å².